The minimum absolute atomic E-state index is 0.0451. The monoisotopic (exact) mass is 296 g/mol. The Morgan fingerprint density at radius 2 is 2.00 bits per heavy atom. The van der Waals surface area contributed by atoms with Gasteiger partial charge in [0, 0.05) is 6.54 Å². The number of thiocarbonyl (C=S) groups is 1. The second kappa shape index (κ2) is 4.95. The summed E-state index contributed by atoms with van der Waals surface area (Å²) in [6.45, 7) is 0.364. The standard InChI is InChI=1S/C10H11F3N2O3S/c11-10(12,13)8(17)14-3-1-2-6(14)7(16)15-4-5-18-9(15)19/h6H,1-5H2. The third kappa shape index (κ3) is 2.65. The summed E-state index contributed by atoms with van der Waals surface area (Å²) >= 11 is 4.79. The Kier molecular flexibility index (Phi) is 3.66. The molecule has 2 rings (SSSR count). The molecule has 106 valence electrons. The second-order valence-corrected chi connectivity index (χ2v) is 4.61. The molecule has 2 heterocycles. The number of halogens is 3. The fourth-order valence-corrected chi connectivity index (χ4v) is 2.47. The van der Waals surface area contributed by atoms with Crippen molar-refractivity contribution >= 4 is 29.2 Å². The van der Waals surface area contributed by atoms with Crippen molar-refractivity contribution in [2.24, 2.45) is 0 Å². The summed E-state index contributed by atoms with van der Waals surface area (Å²) in [6.07, 6.45) is -4.40. The topological polar surface area (TPSA) is 49.9 Å². The lowest BCUT2D eigenvalue weighted by Crippen LogP contribution is -2.51. The van der Waals surface area contributed by atoms with Crippen molar-refractivity contribution in [3.8, 4) is 0 Å². The molecule has 0 bridgehead atoms. The lowest BCUT2D eigenvalue weighted by molar-refractivity contribution is -0.187. The third-order valence-electron chi connectivity index (χ3n) is 3.07. The van der Waals surface area contributed by atoms with Gasteiger partial charge in [0.1, 0.15) is 12.6 Å². The molecule has 1 atom stereocenters. The molecule has 2 fully saturated rings. The van der Waals surface area contributed by atoms with E-state index in [4.69, 9.17) is 17.0 Å². The van der Waals surface area contributed by atoms with Gasteiger partial charge in [-0.05, 0) is 25.1 Å². The van der Waals surface area contributed by atoms with Gasteiger partial charge in [0.05, 0.1) is 6.54 Å². The van der Waals surface area contributed by atoms with Gasteiger partial charge in [-0.2, -0.15) is 13.2 Å². The fourth-order valence-electron chi connectivity index (χ4n) is 2.20. The predicted octanol–water partition coefficient (Wildman–Crippen LogP) is 0.683. The number of alkyl halides is 3. The molecular weight excluding hydrogens is 285 g/mol. The van der Waals surface area contributed by atoms with Crippen molar-refractivity contribution in [3.05, 3.63) is 0 Å². The molecule has 0 radical (unpaired) electrons. The maximum Gasteiger partial charge on any atom is 0.471 e. The van der Waals surface area contributed by atoms with Gasteiger partial charge in [-0.1, -0.05) is 0 Å². The maximum atomic E-state index is 12.4. The first-order valence-corrected chi connectivity index (χ1v) is 6.09. The Morgan fingerprint density at radius 3 is 2.53 bits per heavy atom. The molecule has 2 aliphatic heterocycles. The van der Waals surface area contributed by atoms with E-state index in [1.165, 1.54) is 0 Å². The molecule has 1 unspecified atom stereocenters. The van der Waals surface area contributed by atoms with Crippen molar-refractivity contribution in [2.45, 2.75) is 25.1 Å². The summed E-state index contributed by atoms with van der Waals surface area (Å²) < 4.78 is 42.2. The van der Waals surface area contributed by atoms with Crippen LogP contribution in [0.2, 0.25) is 0 Å². The molecule has 0 N–H and O–H groups in total. The van der Waals surface area contributed by atoms with Crippen LogP contribution in [0.4, 0.5) is 13.2 Å². The molecule has 0 aromatic heterocycles. The Labute approximate surface area is 112 Å². The minimum Gasteiger partial charge on any atom is -0.469 e. The van der Waals surface area contributed by atoms with Crippen LogP contribution in [-0.4, -0.2) is 58.7 Å². The number of ether oxygens (including phenoxy) is 1. The van der Waals surface area contributed by atoms with E-state index in [1.807, 2.05) is 0 Å². The van der Waals surface area contributed by atoms with Gasteiger partial charge >= 0.3 is 12.1 Å². The maximum absolute atomic E-state index is 12.4. The number of carbonyl (C=O) groups excluding carboxylic acids is 2. The highest BCUT2D eigenvalue weighted by Crippen LogP contribution is 2.27. The van der Waals surface area contributed by atoms with Gasteiger partial charge in [0.2, 0.25) is 0 Å². The van der Waals surface area contributed by atoms with E-state index in [0.29, 0.717) is 11.3 Å². The van der Waals surface area contributed by atoms with Crippen molar-refractivity contribution in [3.63, 3.8) is 0 Å². The average molecular weight is 296 g/mol. The molecule has 9 heteroatoms. The van der Waals surface area contributed by atoms with E-state index in [-0.39, 0.29) is 31.3 Å². The number of carbonyl (C=O) groups is 2. The zero-order valence-electron chi connectivity index (χ0n) is 9.77. The highest BCUT2D eigenvalue weighted by molar-refractivity contribution is 7.80. The van der Waals surface area contributed by atoms with E-state index in [2.05, 4.69) is 0 Å². The Bertz CT molecular complexity index is 427. The predicted molar refractivity (Wildman–Crippen MR) is 61.1 cm³/mol. The number of amides is 2. The zero-order chi connectivity index (χ0) is 14.2. The highest BCUT2D eigenvalue weighted by Gasteiger charge is 2.49. The van der Waals surface area contributed by atoms with E-state index >= 15 is 0 Å². The van der Waals surface area contributed by atoms with Gasteiger partial charge in [-0.25, -0.2) is 0 Å². The first-order valence-electron chi connectivity index (χ1n) is 5.68. The van der Waals surface area contributed by atoms with Crippen LogP contribution < -0.4 is 0 Å². The molecule has 0 spiro atoms. The number of hydrogen-bond acceptors (Lipinski definition) is 4. The summed E-state index contributed by atoms with van der Waals surface area (Å²) in [5.74, 6) is -2.58. The van der Waals surface area contributed by atoms with Gasteiger partial charge in [0.25, 0.3) is 11.1 Å². The summed E-state index contributed by atoms with van der Waals surface area (Å²) in [4.78, 5) is 25.0. The average Bonchev–Trinajstić information content (AvgIpc) is 2.94. The molecule has 2 saturated heterocycles. The minimum atomic E-state index is -4.97. The normalized spacial score (nSPS) is 23.7. The first kappa shape index (κ1) is 14.0. The number of hydrogen-bond donors (Lipinski definition) is 0. The summed E-state index contributed by atoms with van der Waals surface area (Å²) in [5.41, 5.74) is 0. The van der Waals surface area contributed by atoms with Crippen molar-refractivity contribution in [1.82, 2.24) is 9.80 Å². The summed E-state index contributed by atoms with van der Waals surface area (Å²) in [6, 6.07) is -1.10. The van der Waals surface area contributed by atoms with Crippen molar-refractivity contribution in [1.29, 1.82) is 0 Å². The largest absolute Gasteiger partial charge is 0.471 e. The molecule has 2 amide bonds. The molecule has 0 aromatic rings. The van der Waals surface area contributed by atoms with E-state index in [0.717, 1.165) is 4.90 Å². The van der Waals surface area contributed by atoms with Crippen LogP contribution in [0.15, 0.2) is 0 Å². The van der Waals surface area contributed by atoms with Gasteiger partial charge in [-0.15, -0.1) is 0 Å². The smallest absolute Gasteiger partial charge is 0.469 e. The lowest BCUT2D eigenvalue weighted by atomic mass is 10.2. The zero-order valence-corrected chi connectivity index (χ0v) is 10.6. The second-order valence-electron chi connectivity index (χ2n) is 4.26. The van der Waals surface area contributed by atoms with Gasteiger partial charge < -0.3 is 9.64 Å². The van der Waals surface area contributed by atoms with Crippen molar-refractivity contribution < 1.29 is 27.5 Å². The lowest BCUT2D eigenvalue weighted by Gasteiger charge is -2.27. The molecule has 2 aliphatic rings. The van der Waals surface area contributed by atoms with E-state index < -0.39 is 24.0 Å². The molecule has 0 saturated carbocycles. The molecule has 0 aromatic carbocycles. The van der Waals surface area contributed by atoms with Crippen LogP contribution in [0.1, 0.15) is 12.8 Å². The van der Waals surface area contributed by atoms with Gasteiger partial charge in [0.15, 0.2) is 0 Å². The fraction of sp³-hybridized carbons (Fsp3) is 0.700. The van der Waals surface area contributed by atoms with Gasteiger partial charge in [-0.3, -0.25) is 14.5 Å². The Morgan fingerprint density at radius 1 is 1.32 bits per heavy atom. The van der Waals surface area contributed by atoms with Crippen LogP contribution >= 0.6 is 12.2 Å². The SMILES string of the molecule is O=C(C1CCCN1C(=O)C(F)(F)F)N1CCOC1=S. The van der Waals surface area contributed by atoms with E-state index in [1.54, 1.807) is 0 Å². The van der Waals surface area contributed by atoms with Crippen LogP contribution in [0.3, 0.4) is 0 Å². The highest BCUT2D eigenvalue weighted by atomic mass is 32.1. The third-order valence-corrected chi connectivity index (χ3v) is 3.41. The Balaban J connectivity index is 2.13. The Hall–Kier alpha value is -1.38. The van der Waals surface area contributed by atoms with Crippen molar-refractivity contribution in [2.75, 3.05) is 19.7 Å². The quantitative estimate of drug-likeness (QED) is 0.668. The van der Waals surface area contributed by atoms with Crippen LogP contribution in [0, 0.1) is 0 Å². The number of rotatable bonds is 1. The van der Waals surface area contributed by atoms with Crippen LogP contribution in [-0.2, 0) is 14.3 Å². The van der Waals surface area contributed by atoms with Crippen LogP contribution in [0.5, 0.6) is 0 Å². The molecule has 19 heavy (non-hydrogen) atoms. The summed E-state index contributed by atoms with van der Waals surface area (Å²) in [5, 5.41) is -0.0451. The number of nitrogens with zero attached hydrogens (tertiary/aromatic N) is 2. The van der Waals surface area contributed by atoms with Crippen LogP contribution in [0.25, 0.3) is 0 Å². The molecule has 0 aliphatic carbocycles. The van der Waals surface area contributed by atoms with E-state index in [9.17, 15) is 22.8 Å². The molecule has 5 nitrogen and oxygen atoms in total. The summed E-state index contributed by atoms with van der Waals surface area (Å²) in [7, 11) is 0. The first-order chi connectivity index (χ1) is 8.82. The number of likely N-dealkylation sites (tertiary alicyclic amines) is 1. The molecular formula is C10H11F3N2O3S.